The Bertz CT molecular complexity index is 972. The number of anilines is 1. The third-order valence-electron chi connectivity index (χ3n) is 4.86. The molecule has 1 aromatic heterocycles. The number of benzene rings is 2. The molecule has 3 aromatic rings. The highest BCUT2D eigenvalue weighted by Crippen LogP contribution is 2.31. The van der Waals surface area contributed by atoms with Gasteiger partial charge in [0.1, 0.15) is 0 Å². The number of amides is 1. The molecule has 0 spiro atoms. The second kappa shape index (κ2) is 9.87. The van der Waals surface area contributed by atoms with Gasteiger partial charge in [-0.2, -0.15) is 0 Å². The number of thiazole rings is 1. The number of nitrogens with zero attached hydrogens (tertiary/aromatic N) is 3. The fourth-order valence-electron chi connectivity index (χ4n) is 3.20. The second-order valence-corrected chi connectivity index (χ2v) is 8.33. The molecule has 0 radical (unpaired) electrons. The number of carbonyl (C=O) groups excluding carboxylic acids is 1. The van der Waals surface area contributed by atoms with Crippen LogP contribution in [0.4, 0.5) is 5.13 Å². The number of aromatic nitrogens is 1. The lowest BCUT2D eigenvalue weighted by molar-refractivity contribution is 0.0391. The summed E-state index contributed by atoms with van der Waals surface area (Å²) in [5.41, 5.74) is 2.66. The number of rotatable bonds is 5. The van der Waals surface area contributed by atoms with Crippen LogP contribution < -0.4 is 4.90 Å². The van der Waals surface area contributed by atoms with Crippen molar-refractivity contribution in [1.29, 1.82) is 0 Å². The molecule has 1 aliphatic heterocycles. The van der Waals surface area contributed by atoms with Crippen molar-refractivity contribution in [2.45, 2.75) is 6.92 Å². The van der Waals surface area contributed by atoms with Gasteiger partial charge in [-0.05, 0) is 37.3 Å². The third kappa shape index (κ3) is 5.27. The maximum atomic E-state index is 13.3. The maximum absolute atomic E-state index is 13.3. The Labute approximate surface area is 185 Å². The normalized spacial score (nSPS) is 14.6. The molecule has 0 aliphatic carbocycles. The number of hydrogen-bond acceptors (Lipinski definition) is 5. The van der Waals surface area contributed by atoms with Crippen LogP contribution in [-0.2, 0) is 4.74 Å². The Kier molecular flexibility index (Phi) is 7.49. The molecule has 0 unspecified atom stereocenters. The van der Waals surface area contributed by atoms with Gasteiger partial charge < -0.3 is 4.74 Å². The van der Waals surface area contributed by atoms with Crippen LogP contribution >= 0.6 is 35.3 Å². The Balaban J connectivity index is 0.00000240. The molecule has 5 nitrogen and oxygen atoms in total. The number of carbonyl (C=O) groups is 1. The van der Waals surface area contributed by atoms with Crippen molar-refractivity contribution in [2.75, 3.05) is 44.3 Å². The average Bonchev–Trinajstić information content (AvgIpc) is 3.12. The van der Waals surface area contributed by atoms with Crippen LogP contribution in [0.15, 0.2) is 42.5 Å². The summed E-state index contributed by atoms with van der Waals surface area (Å²) in [5, 5.41) is 1.38. The van der Waals surface area contributed by atoms with Crippen molar-refractivity contribution in [2.24, 2.45) is 0 Å². The van der Waals surface area contributed by atoms with E-state index in [1.807, 2.05) is 49.4 Å². The minimum Gasteiger partial charge on any atom is -0.379 e. The van der Waals surface area contributed by atoms with Gasteiger partial charge in [-0.25, -0.2) is 4.98 Å². The lowest BCUT2D eigenvalue weighted by Gasteiger charge is -2.29. The molecule has 1 fully saturated rings. The van der Waals surface area contributed by atoms with Crippen molar-refractivity contribution >= 4 is 56.6 Å². The zero-order valence-electron chi connectivity index (χ0n) is 16.1. The number of morpholine rings is 1. The molecule has 1 aliphatic rings. The molecule has 0 saturated carbocycles. The maximum Gasteiger partial charge on any atom is 0.260 e. The van der Waals surface area contributed by atoms with Crippen LogP contribution in [0.5, 0.6) is 0 Å². The lowest BCUT2D eigenvalue weighted by Crippen LogP contribution is -2.43. The van der Waals surface area contributed by atoms with Gasteiger partial charge in [-0.1, -0.05) is 40.6 Å². The van der Waals surface area contributed by atoms with Gasteiger partial charge in [-0.15, -0.1) is 12.4 Å². The van der Waals surface area contributed by atoms with E-state index in [0.29, 0.717) is 22.3 Å². The van der Waals surface area contributed by atoms with Crippen molar-refractivity contribution in [3.63, 3.8) is 0 Å². The van der Waals surface area contributed by atoms with E-state index in [-0.39, 0.29) is 18.3 Å². The smallest absolute Gasteiger partial charge is 0.260 e. The summed E-state index contributed by atoms with van der Waals surface area (Å²) in [6.07, 6.45) is 0. The standard InChI is InChI=1S/C21H22ClN3O2S.ClH/c1-15-2-4-16(5-3-15)20(26)25(9-8-24-10-12-27-13-11-24)21-23-18-7-6-17(22)14-19(18)28-21;/h2-7,14H,8-13H2,1H3;1H. The molecule has 0 atom stereocenters. The zero-order chi connectivity index (χ0) is 19.5. The highest BCUT2D eigenvalue weighted by molar-refractivity contribution is 7.22. The summed E-state index contributed by atoms with van der Waals surface area (Å²) >= 11 is 7.62. The Morgan fingerprint density at radius 2 is 1.93 bits per heavy atom. The predicted octanol–water partition coefficient (Wildman–Crippen LogP) is 4.66. The summed E-state index contributed by atoms with van der Waals surface area (Å²) in [6, 6.07) is 13.3. The molecular weight excluding hydrogens is 429 g/mol. The number of halogens is 2. The van der Waals surface area contributed by atoms with Gasteiger partial charge in [0.15, 0.2) is 5.13 Å². The van der Waals surface area contributed by atoms with Crippen molar-refractivity contribution < 1.29 is 9.53 Å². The van der Waals surface area contributed by atoms with Crippen LogP contribution in [0.25, 0.3) is 10.2 Å². The van der Waals surface area contributed by atoms with Crippen LogP contribution in [0, 0.1) is 6.92 Å². The molecule has 1 saturated heterocycles. The summed E-state index contributed by atoms with van der Waals surface area (Å²) < 4.78 is 6.41. The van der Waals surface area contributed by atoms with E-state index in [0.717, 1.165) is 48.6 Å². The monoisotopic (exact) mass is 451 g/mol. The summed E-state index contributed by atoms with van der Waals surface area (Å²) in [4.78, 5) is 22.1. The molecule has 154 valence electrons. The Hall–Kier alpha value is -1.70. The summed E-state index contributed by atoms with van der Waals surface area (Å²) in [5.74, 6) is -0.0292. The second-order valence-electron chi connectivity index (χ2n) is 6.89. The van der Waals surface area contributed by atoms with Crippen molar-refractivity contribution in [1.82, 2.24) is 9.88 Å². The van der Waals surface area contributed by atoms with Crippen LogP contribution in [-0.4, -0.2) is 55.2 Å². The number of hydrogen-bond donors (Lipinski definition) is 0. The number of ether oxygens (including phenoxy) is 1. The first-order valence-electron chi connectivity index (χ1n) is 9.35. The largest absolute Gasteiger partial charge is 0.379 e. The summed E-state index contributed by atoms with van der Waals surface area (Å²) in [6.45, 7) is 6.65. The molecule has 2 aromatic carbocycles. The first kappa shape index (κ1) is 22.0. The first-order valence-corrected chi connectivity index (χ1v) is 10.5. The fourth-order valence-corrected chi connectivity index (χ4v) is 4.47. The molecule has 8 heteroatoms. The molecule has 2 heterocycles. The first-order chi connectivity index (χ1) is 13.6. The highest BCUT2D eigenvalue weighted by atomic mass is 35.5. The van der Waals surface area contributed by atoms with E-state index in [1.165, 1.54) is 11.3 Å². The third-order valence-corrected chi connectivity index (χ3v) is 6.13. The fraction of sp³-hybridized carbons (Fsp3) is 0.333. The summed E-state index contributed by atoms with van der Waals surface area (Å²) in [7, 11) is 0. The molecule has 1 amide bonds. The van der Waals surface area contributed by atoms with Gasteiger partial charge in [0.25, 0.3) is 5.91 Å². The van der Waals surface area contributed by atoms with E-state index in [4.69, 9.17) is 21.3 Å². The van der Waals surface area contributed by atoms with Crippen LogP contribution in [0.3, 0.4) is 0 Å². The van der Waals surface area contributed by atoms with E-state index >= 15 is 0 Å². The minimum atomic E-state index is -0.0292. The SMILES string of the molecule is Cc1ccc(C(=O)N(CCN2CCOCC2)c2nc3ccc(Cl)cc3s2)cc1.Cl. The molecule has 29 heavy (non-hydrogen) atoms. The average molecular weight is 452 g/mol. The molecule has 0 bridgehead atoms. The quantitative estimate of drug-likeness (QED) is 0.565. The van der Waals surface area contributed by atoms with Crippen LogP contribution in [0.2, 0.25) is 5.02 Å². The molecule has 0 N–H and O–H groups in total. The van der Waals surface area contributed by atoms with Gasteiger partial charge in [0.2, 0.25) is 0 Å². The van der Waals surface area contributed by atoms with E-state index < -0.39 is 0 Å². The number of fused-ring (bicyclic) bond motifs is 1. The van der Waals surface area contributed by atoms with E-state index in [2.05, 4.69) is 4.90 Å². The Morgan fingerprint density at radius 1 is 1.21 bits per heavy atom. The molecular formula is C21H23Cl2N3O2S. The lowest BCUT2D eigenvalue weighted by atomic mass is 10.1. The molecule has 4 rings (SSSR count). The highest BCUT2D eigenvalue weighted by Gasteiger charge is 2.22. The Morgan fingerprint density at radius 3 is 2.66 bits per heavy atom. The van der Waals surface area contributed by atoms with E-state index in [1.54, 1.807) is 4.90 Å². The topological polar surface area (TPSA) is 45.7 Å². The van der Waals surface area contributed by atoms with Gasteiger partial charge >= 0.3 is 0 Å². The van der Waals surface area contributed by atoms with Gasteiger partial charge in [0, 0.05) is 36.8 Å². The predicted molar refractivity (Wildman–Crippen MR) is 122 cm³/mol. The van der Waals surface area contributed by atoms with Gasteiger partial charge in [0.05, 0.1) is 23.4 Å². The zero-order valence-corrected chi connectivity index (χ0v) is 18.5. The van der Waals surface area contributed by atoms with Crippen molar-refractivity contribution in [3.8, 4) is 0 Å². The van der Waals surface area contributed by atoms with E-state index in [9.17, 15) is 4.79 Å². The van der Waals surface area contributed by atoms with Crippen molar-refractivity contribution in [3.05, 3.63) is 58.6 Å². The number of aryl methyl sites for hydroxylation is 1. The van der Waals surface area contributed by atoms with Crippen LogP contribution in [0.1, 0.15) is 15.9 Å². The minimum absolute atomic E-state index is 0. The van der Waals surface area contributed by atoms with Gasteiger partial charge in [-0.3, -0.25) is 14.6 Å².